The van der Waals surface area contributed by atoms with E-state index in [1.807, 2.05) is 23.1 Å². The van der Waals surface area contributed by atoms with Gasteiger partial charge in [0, 0.05) is 17.8 Å². The smallest absolute Gasteiger partial charge is 0.255 e. The fourth-order valence-electron chi connectivity index (χ4n) is 4.85. The lowest BCUT2D eigenvalue weighted by Gasteiger charge is -2.42. The highest BCUT2D eigenvalue weighted by Crippen LogP contribution is 2.44. The zero-order valence-corrected chi connectivity index (χ0v) is 16.4. The summed E-state index contributed by atoms with van der Waals surface area (Å²) in [6.45, 7) is 5.08. The number of anilines is 1. The molecule has 0 N–H and O–H groups in total. The number of rotatable bonds is 2. The Balaban J connectivity index is 1.68. The number of hydrogen-bond donors (Lipinski definition) is 0. The van der Waals surface area contributed by atoms with Crippen LogP contribution in [0.25, 0.3) is 0 Å². The summed E-state index contributed by atoms with van der Waals surface area (Å²) in [7, 11) is 0. The van der Waals surface area contributed by atoms with Gasteiger partial charge in [-0.25, -0.2) is 4.39 Å². The Morgan fingerprint density at radius 3 is 2.67 bits per heavy atom. The van der Waals surface area contributed by atoms with Crippen molar-refractivity contribution < 1.29 is 9.18 Å². The van der Waals surface area contributed by atoms with E-state index in [1.165, 1.54) is 6.07 Å². The van der Waals surface area contributed by atoms with E-state index in [2.05, 4.69) is 18.7 Å². The third kappa shape index (κ3) is 3.20. The van der Waals surface area contributed by atoms with Crippen LogP contribution in [-0.2, 0) is 0 Å². The first-order valence-corrected chi connectivity index (χ1v) is 9.87. The van der Waals surface area contributed by atoms with Gasteiger partial charge in [0.05, 0.1) is 22.7 Å². The first-order valence-electron chi connectivity index (χ1n) is 9.49. The maximum absolute atomic E-state index is 13.9. The number of piperidine rings is 1. The molecule has 2 heterocycles. The molecule has 0 unspecified atom stereocenters. The van der Waals surface area contributed by atoms with Gasteiger partial charge in [0.25, 0.3) is 5.91 Å². The molecular formula is C22H24ClFN2O. The summed E-state index contributed by atoms with van der Waals surface area (Å²) in [5.41, 5.74) is 1.29. The van der Waals surface area contributed by atoms with Gasteiger partial charge >= 0.3 is 0 Å². The molecule has 0 aliphatic carbocycles. The lowest BCUT2D eigenvalue weighted by molar-refractivity contribution is 0.0605. The number of carbonyl (C=O) groups is 1. The van der Waals surface area contributed by atoms with E-state index in [0.29, 0.717) is 10.6 Å². The van der Waals surface area contributed by atoms with Crippen molar-refractivity contribution in [3.63, 3.8) is 0 Å². The van der Waals surface area contributed by atoms with Crippen molar-refractivity contribution in [3.8, 4) is 0 Å². The Hall–Kier alpha value is -2.07. The summed E-state index contributed by atoms with van der Waals surface area (Å²) in [6.07, 6.45) is 2.78. The molecule has 27 heavy (non-hydrogen) atoms. The molecule has 5 heteroatoms. The normalized spacial score (nSPS) is 24.0. The molecule has 2 fully saturated rings. The third-order valence-corrected chi connectivity index (χ3v) is 6.22. The number of carbonyl (C=O) groups excluding carboxylic acids is 1. The van der Waals surface area contributed by atoms with Crippen LogP contribution in [-0.4, -0.2) is 35.0 Å². The summed E-state index contributed by atoms with van der Waals surface area (Å²) in [5, 5.41) is 0.490. The number of amides is 1. The van der Waals surface area contributed by atoms with Gasteiger partial charge < -0.3 is 9.80 Å². The van der Waals surface area contributed by atoms with Crippen LogP contribution in [0, 0.1) is 5.82 Å². The van der Waals surface area contributed by atoms with Crippen LogP contribution in [0.3, 0.4) is 0 Å². The Bertz CT molecular complexity index is 869. The maximum Gasteiger partial charge on any atom is 0.255 e. The molecular weight excluding hydrogens is 363 g/mol. The maximum atomic E-state index is 13.9. The molecule has 4 rings (SSSR count). The second kappa shape index (κ2) is 6.83. The van der Waals surface area contributed by atoms with Crippen LogP contribution in [0.4, 0.5) is 10.1 Å². The molecule has 0 saturated carbocycles. The SMILES string of the molecule is CC1(C)C[C@H]2[C@H](CCCN2C(=O)c2ccccc2Cl)N1c1cccc(F)c1. The summed E-state index contributed by atoms with van der Waals surface area (Å²) >= 11 is 6.28. The Labute approximate surface area is 164 Å². The van der Waals surface area contributed by atoms with Crippen LogP contribution in [0.5, 0.6) is 0 Å². The Morgan fingerprint density at radius 1 is 1.15 bits per heavy atom. The third-order valence-electron chi connectivity index (χ3n) is 5.89. The molecule has 1 amide bonds. The standard InChI is InChI=1S/C22H24ClFN2O/c1-22(2)14-20-19(26(22)16-8-5-7-15(24)13-16)11-6-12-25(20)21(27)17-9-3-4-10-18(17)23/h3-5,7-10,13,19-20H,6,11-12,14H2,1-2H3/t19-,20-/m0/s1. The second-order valence-corrected chi connectivity index (χ2v) is 8.53. The van der Waals surface area contributed by atoms with Crippen LogP contribution >= 0.6 is 11.6 Å². The fraction of sp³-hybridized carbons (Fsp3) is 0.409. The molecule has 2 atom stereocenters. The topological polar surface area (TPSA) is 23.6 Å². The molecule has 2 aromatic rings. The first-order chi connectivity index (χ1) is 12.9. The average Bonchev–Trinajstić information content (AvgIpc) is 2.91. The average molecular weight is 387 g/mol. The highest BCUT2D eigenvalue weighted by atomic mass is 35.5. The van der Waals surface area contributed by atoms with E-state index < -0.39 is 0 Å². The molecule has 2 aromatic carbocycles. The van der Waals surface area contributed by atoms with Gasteiger partial charge in [0.15, 0.2) is 0 Å². The van der Waals surface area contributed by atoms with Crippen LogP contribution in [0.1, 0.15) is 43.5 Å². The molecule has 2 aliphatic heterocycles. The van der Waals surface area contributed by atoms with Gasteiger partial charge in [0.1, 0.15) is 5.82 Å². The van der Waals surface area contributed by atoms with Crippen molar-refractivity contribution in [2.45, 2.75) is 50.7 Å². The van der Waals surface area contributed by atoms with Crippen molar-refractivity contribution in [1.82, 2.24) is 4.90 Å². The number of fused-ring (bicyclic) bond motifs is 1. The van der Waals surface area contributed by atoms with Crippen molar-refractivity contribution in [1.29, 1.82) is 0 Å². The Morgan fingerprint density at radius 2 is 1.93 bits per heavy atom. The van der Waals surface area contributed by atoms with E-state index in [4.69, 9.17) is 11.6 Å². The molecule has 2 saturated heterocycles. The van der Waals surface area contributed by atoms with E-state index in [1.54, 1.807) is 24.3 Å². The number of hydrogen-bond acceptors (Lipinski definition) is 2. The van der Waals surface area contributed by atoms with Crippen LogP contribution in [0.15, 0.2) is 48.5 Å². The largest absolute Gasteiger partial charge is 0.361 e. The van der Waals surface area contributed by atoms with Crippen LogP contribution < -0.4 is 4.90 Å². The zero-order valence-electron chi connectivity index (χ0n) is 15.7. The summed E-state index contributed by atoms with van der Waals surface area (Å²) < 4.78 is 13.9. The van der Waals surface area contributed by atoms with E-state index in [9.17, 15) is 9.18 Å². The summed E-state index contributed by atoms with van der Waals surface area (Å²) in [6, 6.07) is 14.3. The number of halogens is 2. The van der Waals surface area contributed by atoms with E-state index >= 15 is 0 Å². The van der Waals surface area contributed by atoms with Gasteiger partial charge in [-0.3, -0.25) is 4.79 Å². The molecule has 0 spiro atoms. The molecule has 2 aliphatic rings. The van der Waals surface area contributed by atoms with Crippen molar-refractivity contribution >= 4 is 23.2 Å². The minimum absolute atomic E-state index is 0.00723. The van der Waals surface area contributed by atoms with Crippen LogP contribution in [0.2, 0.25) is 5.02 Å². The molecule has 0 aromatic heterocycles. The predicted octanol–water partition coefficient (Wildman–Crippen LogP) is 5.14. The van der Waals surface area contributed by atoms with Crippen molar-refractivity contribution in [3.05, 3.63) is 64.9 Å². The number of likely N-dealkylation sites (tertiary alicyclic amines) is 1. The number of nitrogens with zero attached hydrogens (tertiary/aromatic N) is 2. The molecule has 0 radical (unpaired) electrons. The quantitative estimate of drug-likeness (QED) is 0.713. The van der Waals surface area contributed by atoms with Gasteiger partial charge in [-0.15, -0.1) is 0 Å². The first kappa shape index (κ1) is 18.3. The van der Waals surface area contributed by atoms with Crippen molar-refractivity contribution in [2.24, 2.45) is 0 Å². The monoisotopic (exact) mass is 386 g/mol. The van der Waals surface area contributed by atoms with Crippen molar-refractivity contribution in [2.75, 3.05) is 11.4 Å². The molecule has 0 bridgehead atoms. The highest BCUT2D eigenvalue weighted by molar-refractivity contribution is 6.33. The highest BCUT2D eigenvalue weighted by Gasteiger charge is 2.50. The fourth-order valence-corrected chi connectivity index (χ4v) is 5.07. The Kier molecular flexibility index (Phi) is 4.63. The molecule has 3 nitrogen and oxygen atoms in total. The van der Waals surface area contributed by atoms with Gasteiger partial charge in [-0.1, -0.05) is 29.8 Å². The second-order valence-electron chi connectivity index (χ2n) is 8.12. The van der Waals surface area contributed by atoms with E-state index in [0.717, 1.165) is 31.5 Å². The van der Waals surface area contributed by atoms with Gasteiger partial charge in [-0.05, 0) is 63.4 Å². The lowest BCUT2D eigenvalue weighted by atomic mass is 9.93. The minimum atomic E-state index is -0.230. The lowest BCUT2D eigenvalue weighted by Crippen LogP contribution is -2.53. The zero-order chi connectivity index (χ0) is 19.2. The van der Waals surface area contributed by atoms with E-state index in [-0.39, 0.29) is 29.3 Å². The molecule has 142 valence electrons. The van der Waals surface area contributed by atoms with Gasteiger partial charge in [-0.2, -0.15) is 0 Å². The number of benzene rings is 2. The minimum Gasteiger partial charge on any atom is -0.361 e. The summed E-state index contributed by atoms with van der Waals surface area (Å²) in [5.74, 6) is -0.237. The summed E-state index contributed by atoms with van der Waals surface area (Å²) in [4.78, 5) is 17.5. The van der Waals surface area contributed by atoms with Gasteiger partial charge in [0.2, 0.25) is 0 Å². The predicted molar refractivity (Wildman–Crippen MR) is 107 cm³/mol.